The van der Waals surface area contributed by atoms with Gasteiger partial charge in [0.15, 0.2) is 17.6 Å². The third kappa shape index (κ3) is 4.38. The molecule has 0 aliphatic carbocycles. The minimum atomic E-state index is -0.891. The number of benzene rings is 3. The van der Waals surface area contributed by atoms with Crippen LogP contribution in [0.25, 0.3) is 0 Å². The highest BCUT2D eigenvalue weighted by Gasteiger charge is 2.59. The monoisotopic (exact) mass is 492 g/mol. The van der Waals surface area contributed by atoms with E-state index in [0.29, 0.717) is 35.4 Å². The van der Waals surface area contributed by atoms with E-state index < -0.39 is 18.1 Å². The fraction of sp³-hybridized carbons (Fsp3) is 0.259. The molecule has 35 heavy (non-hydrogen) atoms. The summed E-state index contributed by atoms with van der Waals surface area (Å²) < 4.78 is 11.9. The van der Waals surface area contributed by atoms with Gasteiger partial charge < -0.3 is 9.47 Å². The minimum Gasteiger partial charge on any atom is -0.490 e. The molecule has 2 heterocycles. The summed E-state index contributed by atoms with van der Waals surface area (Å²) in [5.74, 6) is -0.199. The van der Waals surface area contributed by atoms with Crippen molar-refractivity contribution in [3.63, 3.8) is 0 Å². The number of ether oxygens (including phenoxy) is 2. The Bertz CT molecular complexity index is 1230. The molecule has 8 heteroatoms. The van der Waals surface area contributed by atoms with Crippen LogP contribution in [-0.2, 0) is 21.0 Å². The van der Waals surface area contributed by atoms with E-state index >= 15 is 0 Å². The standard InChI is InChI=1S/C27H25ClN2O5/c1-3-33-22-15-18(9-14-21(22)34-16-17-7-5-4-6-8-17)24-23-25(35-29(24)2)27(32)30(26(23)31)20-12-10-19(28)11-13-20/h4-15,23-25H,3,16H2,1-2H3/t23-,24+,25+/m1/s1. The van der Waals surface area contributed by atoms with Crippen molar-refractivity contribution in [1.29, 1.82) is 0 Å². The van der Waals surface area contributed by atoms with Crippen molar-refractivity contribution in [2.75, 3.05) is 18.6 Å². The van der Waals surface area contributed by atoms with Crippen LogP contribution < -0.4 is 14.4 Å². The quantitative estimate of drug-likeness (QED) is 0.442. The molecule has 3 aromatic rings. The fourth-order valence-electron chi connectivity index (χ4n) is 4.64. The fourth-order valence-corrected chi connectivity index (χ4v) is 4.77. The van der Waals surface area contributed by atoms with Crippen LogP contribution in [-0.4, -0.2) is 36.6 Å². The van der Waals surface area contributed by atoms with E-state index in [1.807, 2.05) is 55.5 Å². The third-order valence-corrected chi connectivity index (χ3v) is 6.49. The molecule has 2 saturated heterocycles. The number of rotatable bonds is 7. The first-order chi connectivity index (χ1) is 17.0. The molecule has 0 aromatic heterocycles. The first kappa shape index (κ1) is 23.4. The molecule has 3 atom stereocenters. The smallest absolute Gasteiger partial charge is 0.265 e. The van der Waals surface area contributed by atoms with Crippen LogP contribution in [0.2, 0.25) is 5.02 Å². The van der Waals surface area contributed by atoms with Crippen molar-refractivity contribution in [2.45, 2.75) is 25.7 Å². The Morgan fingerprint density at radius 3 is 2.37 bits per heavy atom. The SMILES string of the molecule is CCOc1cc([C@H]2[C@H]3C(=O)N(c4ccc(Cl)cc4)C(=O)[C@H]3ON2C)ccc1OCc1ccccc1. The second-order valence-electron chi connectivity index (χ2n) is 8.44. The summed E-state index contributed by atoms with van der Waals surface area (Å²) in [6.07, 6.45) is -0.891. The first-order valence-electron chi connectivity index (χ1n) is 11.4. The highest BCUT2D eigenvalue weighted by Crippen LogP contribution is 2.46. The number of hydrogen-bond acceptors (Lipinski definition) is 6. The molecule has 180 valence electrons. The summed E-state index contributed by atoms with van der Waals surface area (Å²) >= 11 is 5.98. The summed E-state index contributed by atoms with van der Waals surface area (Å²) in [6, 6.07) is 21.6. The lowest BCUT2D eigenvalue weighted by Crippen LogP contribution is -2.36. The van der Waals surface area contributed by atoms with Crippen molar-refractivity contribution < 1.29 is 23.9 Å². The number of nitrogens with zero attached hydrogens (tertiary/aromatic N) is 2. The van der Waals surface area contributed by atoms with E-state index in [1.54, 1.807) is 36.4 Å². The molecule has 0 saturated carbocycles. The van der Waals surface area contributed by atoms with Gasteiger partial charge in [-0.2, -0.15) is 5.06 Å². The predicted molar refractivity (Wildman–Crippen MR) is 131 cm³/mol. The van der Waals surface area contributed by atoms with Crippen LogP contribution in [0.1, 0.15) is 24.1 Å². The molecule has 0 spiro atoms. The Morgan fingerprint density at radius 1 is 0.914 bits per heavy atom. The van der Waals surface area contributed by atoms with Crippen LogP contribution in [0.4, 0.5) is 5.69 Å². The second-order valence-corrected chi connectivity index (χ2v) is 8.88. The number of anilines is 1. The number of hydroxylamine groups is 2. The maximum absolute atomic E-state index is 13.5. The zero-order valence-corrected chi connectivity index (χ0v) is 20.1. The van der Waals surface area contributed by atoms with E-state index in [2.05, 4.69) is 0 Å². The summed E-state index contributed by atoms with van der Waals surface area (Å²) in [5, 5.41) is 2.11. The summed E-state index contributed by atoms with van der Waals surface area (Å²) in [4.78, 5) is 33.6. The Hall–Kier alpha value is -3.39. The molecule has 2 fully saturated rings. The Kier molecular flexibility index (Phi) is 6.47. The normalized spacial score (nSPS) is 21.9. The lowest BCUT2D eigenvalue weighted by atomic mass is 9.91. The van der Waals surface area contributed by atoms with Crippen LogP contribution in [0.15, 0.2) is 72.8 Å². The van der Waals surface area contributed by atoms with Crippen molar-refractivity contribution >= 4 is 29.1 Å². The lowest BCUT2D eigenvalue weighted by Gasteiger charge is -2.25. The summed E-state index contributed by atoms with van der Waals surface area (Å²) in [5.41, 5.74) is 2.32. The number of imide groups is 1. The largest absolute Gasteiger partial charge is 0.490 e. The Labute approximate surface area is 208 Å². The summed E-state index contributed by atoms with van der Waals surface area (Å²) in [6.45, 7) is 2.76. The predicted octanol–water partition coefficient (Wildman–Crippen LogP) is 4.79. The average Bonchev–Trinajstić information content (AvgIpc) is 3.33. The number of carbonyl (C=O) groups is 2. The second kappa shape index (κ2) is 9.70. The van der Waals surface area contributed by atoms with Crippen molar-refractivity contribution in [2.24, 2.45) is 5.92 Å². The lowest BCUT2D eigenvalue weighted by molar-refractivity contribution is -0.160. The minimum absolute atomic E-state index is 0.306. The van der Waals surface area contributed by atoms with Crippen molar-refractivity contribution in [1.82, 2.24) is 5.06 Å². The van der Waals surface area contributed by atoms with Gasteiger partial charge in [-0.05, 0) is 54.4 Å². The number of hydrogen-bond donors (Lipinski definition) is 0. The topological polar surface area (TPSA) is 68.3 Å². The van der Waals surface area contributed by atoms with Crippen LogP contribution in [0.3, 0.4) is 0 Å². The number of halogens is 1. The zero-order chi connectivity index (χ0) is 24.5. The van der Waals surface area contributed by atoms with Gasteiger partial charge in [0.25, 0.3) is 5.91 Å². The first-order valence-corrected chi connectivity index (χ1v) is 11.8. The summed E-state index contributed by atoms with van der Waals surface area (Å²) in [7, 11) is 1.73. The highest BCUT2D eigenvalue weighted by molar-refractivity contribution is 6.31. The van der Waals surface area contributed by atoms with Crippen molar-refractivity contribution in [3.8, 4) is 11.5 Å². The van der Waals surface area contributed by atoms with Gasteiger partial charge in [0.05, 0.1) is 24.3 Å². The van der Waals surface area contributed by atoms with Crippen LogP contribution >= 0.6 is 11.6 Å². The number of carbonyl (C=O) groups excluding carboxylic acids is 2. The van der Waals surface area contributed by atoms with E-state index in [0.717, 1.165) is 11.1 Å². The molecule has 2 aliphatic heterocycles. The third-order valence-electron chi connectivity index (χ3n) is 6.24. The van der Waals surface area contributed by atoms with Gasteiger partial charge in [-0.25, -0.2) is 4.90 Å². The molecule has 2 amide bonds. The molecule has 0 radical (unpaired) electrons. The maximum atomic E-state index is 13.5. The van der Waals surface area contributed by atoms with Crippen LogP contribution in [0.5, 0.6) is 11.5 Å². The van der Waals surface area contributed by atoms with Gasteiger partial charge in [0.2, 0.25) is 5.91 Å². The van der Waals surface area contributed by atoms with Gasteiger partial charge in [-0.15, -0.1) is 0 Å². The zero-order valence-electron chi connectivity index (χ0n) is 19.4. The van der Waals surface area contributed by atoms with Gasteiger partial charge >= 0.3 is 0 Å². The molecule has 0 bridgehead atoms. The van der Waals surface area contributed by atoms with Gasteiger partial charge in [0.1, 0.15) is 6.61 Å². The molecule has 5 rings (SSSR count). The van der Waals surface area contributed by atoms with E-state index in [1.165, 1.54) is 4.90 Å². The van der Waals surface area contributed by atoms with Gasteiger partial charge in [0, 0.05) is 12.1 Å². The molecule has 0 N–H and O–H groups in total. The molecule has 2 aliphatic rings. The number of amides is 2. The van der Waals surface area contributed by atoms with Crippen LogP contribution in [0, 0.1) is 5.92 Å². The van der Waals surface area contributed by atoms with Gasteiger partial charge in [-0.3, -0.25) is 14.4 Å². The Balaban J connectivity index is 1.42. The highest BCUT2D eigenvalue weighted by atomic mass is 35.5. The van der Waals surface area contributed by atoms with E-state index in [4.69, 9.17) is 25.9 Å². The maximum Gasteiger partial charge on any atom is 0.265 e. The number of fused-ring (bicyclic) bond motifs is 1. The molecular weight excluding hydrogens is 468 g/mol. The average molecular weight is 493 g/mol. The Morgan fingerprint density at radius 2 is 1.66 bits per heavy atom. The van der Waals surface area contributed by atoms with Crippen molar-refractivity contribution in [3.05, 3.63) is 88.9 Å². The van der Waals surface area contributed by atoms with E-state index in [-0.39, 0.29) is 11.8 Å². The molecule has 7 nitrogen and oxygen atoms in total. The molecular formula is C27H25ClN2O5. The van der Waals surface area contributed by atoms with E-state index in [9.17, 15) is 9.59 Å². The van der Waals surface area contributed by atoms with Gasteiger partial charge in [-0.1, -0.05) is 48.0 Å². The molecule has 3 aromatic carbocycles. The molecule has 0 unspecified atom stereocenters.